The second-order valence-corrected chi connectivity index (χ2v) is 4.96. The Labute approximate surface area is 101 Å². The summed E-state index contributed by atoms with van der Waals surface area (Å²) in [5.74, 6) is 0. The van der Waals surface area contributed by atoms with Crippen LogP contribution in [0.15, 0.2) is 42.6 Å². The summed E-state index contributed by atoms with van der Waals surface area (Å²) in [7, 11) is 2.23. The van der Waals surface area contributed by atoms with E-state index in [9.17, 15) is 0 Å². The zero-order valence-corrected chi connectivity index (χ0v) is 9.80. The van der Waals surface area contributed by atoms with Crippen molar-refractivity contribution in [1.82, 2.24) is 9.88 Å². The first-order chi connectivity index (χ1) is 8.36. The zero-order chi connectivity index (χ0) is 11.4. The van der Waals surface area contributed by atoms with E-state index in [-0.39, 0.29) is 0 Å². The highest BCUT2D eigenvalue weighted by molar-refractivity contribution is 5.48. The number of fused-ring (bicyclic) bond motifs is 7. The fourth-order valence-electron chi connectivity index (χ4n) is 3.38. The minimum Gasteiger partial charge on any atom is -0.288 e. The molecule has 0 amide bonds. The predicted molar refractivity (Wildman–Crippen MR) is 66.7 cm³/mol. The van der Waals surface area contributed by atoms with Gasteiger partial charge in [0.1, 0.15) is 0 Å². The molecule has 0 aliphatic carbocycles. The van der Waals surface area contributed by atoms with Crippen LogP contribution in [0.5, 0.6) is 0 Å². The molecule has 0 fully saturated rings. The van der Waals surface area contributed by atoms with Crippen LogP contribution in [0.4, 0.5) is 0 Å². The molecule has 4 rings (SSSR count). The lowest BCUT2D eigenvalue weighted by atomic mass is 9.96. The molecule has 1 aromatic carbocycles. The molecule has 2 unspecified atom stereocenters. The molecule has 0 radical (unpaired) electrons. The summed E-state index contributed by atoms with van der Waals surface area (Å²) in [6, 6.07) is 14.0. The van der Waals surface area contributed by atoms with E-state index in [0.717, 1.165) is 6.42 Å². The molecule has 17 heavy (non-hydrogen) atoms. The SMILES string of the molecule is CN1C2Cc3ncccc3C1c1ccccc12. The van der Waals surface area contributed by atoms with Gasteiger partial charge in [0.2, 0.25) is 0 Å². The van der Waals surface area contributed by atoms with E-state index in [1.807, 2.05) is 12.3 Å². The summed E-state index contributed by atoms with van der Waals surface area (Å²) in [6.07, 6.45) is 2.95. The van der Waals surface area contributed by atoms with E-state index in [4.69, 9.17) is 0 Å². The average molecular weight is 222 g/mol. The average Bonchev–Trinajstić information content (AvgIpc) is 2.56. The summed E-state index contributed by atoms with van der Waals surface area (Å²) in [6.45, 7) is 0. The number of nitrogens with zero attached hydrogens (tertiary/aromatic N) is 2. The van der Waals surface area contributed by atoms with Gasteiger partial charge in [-0.3, -0.25) is 9.88 Å². The van der Waals surface area contributed by atoms with E-state index in [0.29, 0.717) is 12.1 Å². The first-order valence-corrected chi connectivity index (χ1v) is 6.11. The van der Waals surface area contributed by atoms with E-state index >= 15 is 0 Å². The fourth-order valence-corrected chi connectivity index (χ4v) is 3.38. The number of hydrogen-bond donors (Lipinski definition) is 0. The van der Waals surface area contributed by atoms with E-state index < -0.39 is 0 Å². The van der Waals surface area contributed by atoms with Gasteiger partial charge in [-0.15, -0.1) is 0 Å². The topological polar surface area (TPSA) is 16.1 Å². The van der Waals surface area contributed by atoms with Gasteiger partial charge < -0.3 is 0 Å². The van der Waals surface area contributed by atoms with Crippen LogP contribution in [0, 0.1) is 0 Å². The molecule has 0 saturated carbocycles. The number of benzene rings is 1. The van der Waals surface area contributed by atoms with Gasteiger partial charge in [0.05, 0.1) is 6.04 Å². The third kappa shape index (κ3) is 1.11. The molecule has 2 aromatic rings. The first-order valence-electron chi connectivity index (χ1n) is 6.11. The molecule has 2 aliphatic heterocycles. The van der Waals surface area contributed by atoms with Crippen LogP contribution in [-0.4, -0.2) is 16.9 Å². The first kappa shape index (κ1) is 9.37. The summed E-state index contributed by atoms with van der Waals surface area (Å²) in [4.78, 5) is 7.03. The van der Waals surface area contributed by atoms with E-state index in [2.05, 4.69) is 47.3 Å². The molecule has 3 heterocycles. The molecular weight excluding hydrogens is 208 g/mol. The van der Waals surface area contributed by atoms with Gasteiger partial charge in [0.15, 0.2) is 0 Å². The van der Waals surface area contributed by atoms with Crippen LogP contribution in [0.3, 0.4) is 0 Å². The van der Waals surface area contributed by atoms with Gasteiger partial charge in [-0.1, -0.05) is 30.3 Å². The molecule has 1 aromatic heterocycles. The molecule has 84 valence electrons. The molecule has 0 N–H and O–H groups in total. The second-order valence-electron chi connectivity index (χ2n) is 4.96. The minimum absolute atomic E-state index is 0.411. The highest BCUT2D eigenvalue weighted by Crippen LogP contribution is 2.49. The summed E-state index contributed by atoms with van der Waals surface area (Å²) in [5.41, 5.74) is 5.61. The third-order valence-electron chi connectivity index (χ3n) is 4.16. The standard InChI is InChI=1S/C15H14N2/c1-17-14-9-13-12(7-4-8-16-13)15(17)11-6-3-2-5-10(11)14/h2-8,14-15H,9H2,1H3. The Balaban J connectivity index is 2.00. The van der Waals surface area contributed by atoms with Crippen molar-refractivity contribution < 1.29 is 0 Å². The molecule has 2 nitrogen and oxygen atoms in total. The zero-order valence-electron chi connectivity index (χ0n) is 9.80. The van der Waals surface area contributed by atoms with Crippen molar-refractivity contribution in [3.63, 3.8) is 0 Å². The van der Waals surface area contributed by atoms with Crippen LogP contribution in [0.1, 0.15) is 34.5 Å². The van der Waals surface area contributed by atoms with Crippen molar-refractivity contribution in [3.8, 4) is 0 Å². The van der Waals surface area contributed by atoms with Gasteiger partial charge in [0, 0.05) is 24.4 Å². The maximum atomic E-state index is 4.55. The fraction of sp³-hybridized carbons (Fsp3) is 0.267. The van der Waals surface area contributed by atoms with Crippen LogP contribution < -0.4 is 0 Å². The minimum atomic E-state index is 0.411. The number of pyridine rings is 1. The highest BCUT2D eigenvalue weighted by Gasteiger charge is 2.41. The lowest BCUT2D eigenvalue weighted by molar-refractivity contribution is 0.211. The smallest absolute Gasteiger partial charge is 0.0625 e. The Bertz CT molecular complexity index is 580. The summed E-state index contributed by atoms with van der Waals surface area (Å²) >= 11 is 0. The molecule has 0 spiro atoms. The molecule has 2 aliphatic rings. The summed E-state index contributed by atoms with van der Waals surface area (Å²) in [5, 5.41) is 0. The van der Waals surface area contributed by atoms with Crippen LogP contribution in [0.2, 0.25) is 0 Å². The number of rotatable bonds is 0. The van der Waals surface area contributed by atoms with Crippen LogP contribution in [-0.2, 0) is 6.42 Å². The second kappa shape index (κ2) is 3.17. The third-order valence-corrected chi connectivity index (χ3v) is 4.16. The Morgan fingerprint density at radius 1 is 1.06 bits per heavy atom. The van der Waals surface area contributed by atoms with E-state index in [1.165, 1.54) is 22.4 Å². The molecule has 0 saturated heterocycles. The number of aromatic nitrogens is 1. The van der Waals surface area contributed by atoms with Crippen molar-refractivity contribution in [2.75, 3.05) is 7.05 Å². The number of hydrogen-bond acceptors (Lipinski definition) is 2. The monoisotopic (exact) mass is 222 g/mol. The predicted octanol–water partition coefficient (Wildman–Crippen LogP) is 2.71. The molecule has 2 atom stereocenters. The molecular formula is C15H14N2. The quantitative estimate of drug-likeness (QED) is 0.681. The normalized spacial score (nSPS) is 25.5. The van der Waals surface area contributed by atoms with Crippen molar-refractivity contribution >= 4 is 0 Å². The van der Waals surface area contributed by atoms with Gasteiger partial charge in [0.25, 0.3) is 0 Å². The van der Waals surface area contributed by atoms with Gasteiger partial charge >= 0.3 is 0 Å². The number of likely N-dealkylation sites (N-methyl/N-ethyl adjacent to an activating group) is 1. The lowest BCUT2D eigenvalue weighted by Crippen LogP contribution is -2.29. The lowest BCUT2D eigenvalue weighted by Gasteiger charge is -2.32. The maximum Gasteiger partial charge on any atom is 0.0625 e. The van der Waals surface area contributed by atoms with Gasteiger partial charge in [-0.2, -0.15) is 0 Å². The Kier molecular flexibility index (Phi) is 1.75. The van der Waals surface area contributed by atoms with Crippen molar-refractivity contribution in [2.45, 2.75) is 18.5 Å². The Hall–Kier alpha value is -1.67. The molecule has 2 heteroatoms. The summed E-state index contributed by atoms with van der Waals surface area (Å²) < 4.78 is 0. The van der Waals surface area contributed by atoms with Crippen molar-refractivity contribution in [3.05, 3.63) is 65.0 Å². The van der Waals surface area contributed by atoms with Gasteiger partial charge in [-0.25, -0.2) is 0 Å². The van der Waals surface area contributed by atoms with Crippen molar-refractivity contribution in [1.29, 1.82) is 0 Å². The largest absolute Gasteiger partial charge is 0.288 e. The van der Waals surface area contributed by atoms with Crippen LogP contribution in [0.25, 0.3) is 0 Å². The Morgan fingerprint density at radius 2 is 1.82 bits per heavy atom. The highest BCUT2D eigenvalue weighted by atomic mass is 15.2. The van der Waals surface area contributed by atoms with Crippen LogP contribution >= 0.6 is 0 Å². The maximum absolute atomic E-state index is 4.55. The molecule has 2 bridgehead atoms. The Morgan fingerprint density at radius 3 is 2.71 bits per heavy atom. The van der Waals surface area contributed by atoms with Gasteiger partial charge in [-0.05, 0) is 29.8 Å². The van der Waals surface area contributed by atoms with Crippen molar-refractivity contribution in [2.24, 2.45) is 0 Å². The van der Waals surface area contributed by atoms with E-state index in [1.54, 1.807) is 0 Å².